The average Bonchev–Trinajstić information content (AvgIpc) is 2.83. The van der Waals surface area contributed by atoms with Crippen molar-refractivity contribution in [3.63, 3.8) is 0 Å². The van der Waals surface area contributed by atoms with Crippen LogP contribution >= 0.6 is 0 Å². The molecular formula is C13H16N4O2. The quantitative estimate of drug-likeness (QED) is 0.862. The van der Waals surface area contributed by atoms with Crippen molar-refractivity contribution in [3.05, 3.63) is 41.8 Å². The molecule has 1 aliphatic rings. The Balaban J connectivity index is 1.57. The Bertz CT molecular complexity index is 537. The monoisotopic (exact) mass is 260 g/mol. The average molecular weight is 260 g/mol. The summed E-state index contributed by atoms with van der Waals surface area (Å²) in [4.78, 5) is 8.30. The van der Waals surface area contributed by atoms with Gasteiger partial charge in [-0.15, -0.1) is 0 Å². The molecule has 100 valence electrons. The lowest BCUT2D eigenvalue weighted by Crippen LogP contribution is -2.58. The Morgan fingerprint density at radius 3 is 2.84 bits per heavy atom. The van der Waals surface area contributed by atoms with Crippen LogP contribution < -0.4 is 5.32 Å². The number of ether oxygens (including phenoxy) is 1. The molecule has 0 atom stereocenters. The number of hydrogen-bond donors (Lipinski definition) is 1. The highest BCUT2D eigenvalue weighted by atomic mass is 16.5. The van der Waals surface area contributed by atoms with E-state index < -0.39 is 0 Å². The Morgan fingerprint density at radius 2 is 2.16 bits per heavy atom. The Hall–Kier alpha value is -1.79. The molecule has 0 bridgehead atoms. The van der Waals surface area contributed by atoms with Gasteiger partial charge in [0.25, 0.3) is 5.89 Å². The maximum atomic E-state index is 5.75. The molecule has 6 heteroatoms. The van der Waals surface area contributed by atoms with Crippen molar-refractivity contribution in [2.24, 2.45) is 0 Å². The summed E-state index contributed by atoms with van der Waals surface area (Å²) in [5.74, 6) is 1.19. The molecular weight excluding hydrogens is 244 g/mol. The molecule has 1 N–H and O–H groups in total. The van der Waals surface area contributed by atoms with Gasteiger partial charge in [0.15, 0.2) is 5.82 Å². The fourth-order valence-electron chi connectivity index (χ4n) is 1.92. The molecule has 6 nitrogen and oxygen atoms in total. The first kappa shape index (κ1) is 12.3. The summed E-state index contributed by atoms with van der Waals surface area (Å²) >= 11 is 0. The molecule has 3 heterocycles. The van der Waals surface area contributed by atoms with Gasteiger partial charge in [-0.1, -0.05) is 5.16 Å². The third-order valence-electron chi connectivity index (χ3n) is 3.16. The molecule has 2 aromatic rings. The predicted molar refractivity (Wildman–Crippen MR) is 67.4 cm³/mol. The summed E-state index contributed by atoms with van der Waals surface area (Å²) in [5.41, 5.74) is 1.01. The van der Waals surface area contributed by atoms with Gasteiger partial charge in [-0.3, -0.25) is 4.98 Å². The molecule has 0 radical (unpaired) electrons. The second-order valence-corrected chi connectivity index (χ2v) is 4.98. The highest BCUT2D eigenvalue weighted by Crippen LogP contribution is 2.17. The summed E-state index contributed by atoms with van der Waals surface area (Å²) < 4.78 is 10.9. The molecule has 0 amide bonds. The SMILES string of the molecule is CC1(OCc2nc(Cc3ccncc3)no2)CNC1. The molecule has 3 rings (SSSR count). The summed E-state index contributed by atoms with van der Waals surface area (Å²) in [6.07, 6.45) is 4.15. The molecule has 2 aromatic heterocycles. The van der Waals surface area contributed by atoms with Crippen LogP contribution in [0, 0.1) is 0 Å². The van der Waals surface area contributed by atoms with Crippen molar-refractivity contribution < 1.29 is 9.26 Å². The largest absolute Gasteiger partial charge is 0.363 e. The number of aromatic nitrogens is 3. The molecule has 19 heavy (non-hydrogen) atoms. The molecule has 1 fully saturated rings. The van der Waals surface area contributed by atoms with Gasteiger partial charge in [0, 0.05) is 31.9 Å². The van der Waals surface area contributed by atoms with Crippen LogP contribution in [-0.4, -0.2) is 33.8 Å². The maximum Gasteiger partial charge on any atom is 0.252 e. The van der Waals surface area contributed by atoms with Crippen LogP contribution in [0.5, 0.6) is 0 Å². The van der Waals surface area contributed by atoms with Crippen LogP contribution in [0.4, 0.5) is 0 Å². The Kier molecular flexibility index (Phi) is 3.27. The molecule has 1 saturated heterocycles. The zero-order valence-corrected chi connectivity index (χ0v) is 10.8. The van der Waals surface area contributed by atoms with Crippen LogP contribution in [0.25, 0.3) is 0 Å². The molecule has 0 aliphatic carbocycles. The van der Waals surface area contributed by atoms with Crippen molar-refractivity contribution >= 4 is 0 Å². The lowest BCUT2D eigenvalue weighted by molar-refractivity contribution is -0.0841. The normalized spacial score (nSPS) is 17.1. The topological polar surface area (TPSA) is 73.1 Å². The lowest BCUT2D eigenvalue weighted by Gasteiger charge is -2.38. The highest BCUT2D eigenvalue weighted by molar-refractivity contribution is 5.14. The van der Waals surface area contributed by atoms with E-state index in [0.717, 1.165) is 18.7 Å². The van der Waals surface area contributed by atoms with E-state index in [9.17, 15) is 0 Å². The van der Waals surface area contributed by atoms with E-state index in [-0.39, 0.29) is 5.60 Å². The highest BCUT2D eigenvalue weighted by Gasteiger charge is 2.32. The van der Waals surface area contributed by atoms with Gasteiger partial charge in [-0.05, 0) is 24.6 Å². The minimum atomic E-state index is -0.0975. The standard InChI is InChI=1S/C13H16N4O2/c1-13(8-15-9-13)18-7-12-16-11(17-19-12)6-10-2-4-14-5-3-10/h2-5,15H,6-9H2,1H3. The summed E-state index contributed by atoms with van der Waals surface area (Å²) in [7, 11) is 0. The van der Waals surface area contributed by atoms with Gasteiger partial charge in [-0.25, -0.2) is 0 Å². The Morgan fingerprint density at radius 1 is 1.37 bits per heavy atom. The van der Waals surface area contributed by atoms with Gasteiger partial charge in [0.2, 0.25) is 0 Å². The van der Waals surface area contributed by atoms with E-state index in [4.69, 9.17) is 9.26 Å². The van der Waals surface area contributed by atoms with Gasteiger partial charge in [-0.2, -0.15) is 4.98 Å². The maximum absolute atomic E-state index is 5.75. The zero-order chi connectivity index (χ0) is 13.1. The third kappa shape index (κ3) is 2.97. The first-order valence-corrected chi connectivity index (χ1v) is 6.29. The Labute approximate surface area is 111 Å². The fourth-order valence-corrected chi connectivity index (χ4v) is 1.92. The molecule has 0 spiro atoms. The van der Waals surface area contributed by atoms with E-state index in [1.165, 1.54) is 0 Å². The summed E-state index contributed by atoms with van der Waals surface area (Å²) in [6, 6.07) is 3.88. The van der Waals surface area contributed by atoms with Gasteiger partial charge >= 0.3 is 0 Å². The van der Waals surface area contributed by atoms with Gasteiger partial charge in [0.05, 0.1) is 5.60 Å². The molecule has 0 unspecified atom stereocenters. The minimum Gasteiger partial charge on any atom is -0.363 e. The summed E-state index contributed by atoms with van der Waals surface area (Å²) in [6.45, 7) is 4.16. The molecule has 0 aromatic carbocycles. The van der Waals surface area contributed by atoms with E-state index in [0.29, 0.717) is 24.7 Å². The first-order chi connectivity index (χ1) is 9.23. The van der Waals surface area contributed by atoms with Crippen molar-refractivity contribution in [1.82, 2.24) is 20.4 Å². The number of hydrogen-bond acceptors (Lipinski definition) is 6. The van der Waals surface area contributed by atoms with Crippen molar-refractivity contribution in [3.8, 4) is 0 Å². The van der Waals surface area contributed by atoms with Gasteiger partial charge in [0.1, 0.15) is 6.61 Å². The van der Waals surface area contributed by atoms with Crippen LogP contribution in [-0.2, 0) is 17.8 Å². The van der Waals surface area contributed by atoms with Crippen LogP contribution in [0.1, 0.15) is 24.2 Å². The number of rotatable bonds is 5. The number of nitrogens with one attached hydrogen (secondary N) is 1. The van der Waals surface area contributed by atoms with Crippen LogP contribution in [0.15, 0.2) is 29.0 Å². The molecule has 1 aliphatic heterocycles. The van der Waals surface area contributed by atoms with Crippen molar-refractivity contribution in [2.75, 3.05) is 13.1 Å². The van der Waals surface area contributed by atoms with E-state index in [1.54, 1.807) is 12.4 Å². The second kappa shape index (κ2) is 5.07. The van der Waals surface area contributed by atoms with E-state index in [1.807, 2.05) is 12.1 Å². The first-order valence-electron chi connectivity index (χ1n) is 6.29. The molecule has 0 saturated carbocycles. The predicted octanol–water partition coefficient (Wildman–Crippen LogP) is 0.934. The van der Waals surface area contributed by atoms with Crippen LogP contribution in [0.2, 0.25) is 0 Å². The second-order valence-electron chi connectivity index (χ2n) is 4.98. The fraction of sp³-hybridized carbons (Fsp3) is 0.462. The third-order valence-corrected chi connectivity index (χ3v) is 3.16. The minimum absolute atomic E-state index is 0.0975. The van der Waals surface area contributed by atoms with Crippen molar-refractivity contribution in [1.29, 1.82) is 0 Å². The smallest absolute Gasteiger partial charge is 0.252 e. The van der Waals surface area contributed by atoms with Crippen LogP contribution in [0.3, 0.4) is 0 Å². The van der Waals surface area contributed by atoms with Gasteiger partial charge < -0.3 is 14.6 Å². The van der Waals surface area contributed by atoms with Crippen molar-refractivity contribution in [2.45, 2.75) is 25.6 Å². The van der Waals surface area contributed by atoms with E-state index >= 15 is 0 Å². The zero-order valence-electron chi connectivity index (χ0n) is 10.8. The summed E-state index contributed by atoms with van der Waals surface area (Å²) in [5, 5.41) is 7.13. The lowest BCUT2D eigenvalue weighted by atomic mass is 10.0. The van der Waals surface area contributed by atoms with E-state index in [2.05, 4.69) is 27.4 Å². The number of nitrogens with zero attached hydrogens (tertiary/aromatic N) is 3. The number of pyridine rings is 1.